The van der Waals surface area contributed by atoms with Crippen LogP contribution in [0.5, 0.6) is 5.75 Å². The summed E-state index contributed by atoms with van der Waals surface area (Å²) in [7, 11) is -3.91. The minimum Gasteiger partial charge on any atom is -0.493 e. The lowest BCUT2D eigenvalue weighted by atomic mass is 10.3. The molecule has 1 aromatic heterocycles. The number of rotatable bonds is 8. The fourth-order valence-electron chi connectivity index (χ4n) is 2.89. The number of fused-ring (bicyclic) bond motifs is 1. The standard InChI is InChI=1S/C22H18BrClN4O3S/c23-13-14-31-17-9-7-16(8-10-17)25-21-22(27-20-4-2-1-3-19(20)26-21)28-32(29,30)18-11-5-15(24)6-12-18/h1-12H,13-14H2,(H,25,26)(H,27,28). The van der Waals surface area contributed by atoms with Crippen LogP contribution in [0.15, 0.2) is 77.7 Å². The second kappa shape index (κ2) is 9.72. The summed E-state index contributed by atoms with van der Waals surface area (Å²) in [6.07, 6.45) is 0. The Labute approximate surface area is 199 Å². The van der Waals surface area contributed by atoms with Gasteiger partial charge in [-0.15, -0.1) is 0 Å². The van der Waals surface area contributed by atoms with Crippen LogP contribution in [-0.2, 0) is 10.0 Å². The number of sulfonamides is 1. The van der Waals surface area contributed by atoms with Gasteiger partial charge in [0.05, 0.1) is 22.5 Å². The van der Waals surface area contributed by atoms with E-state index in [1.54, 1.807) is 6.07 Å². The molecule has 0 amide bonds. The van der Waals surface area contributed by atoms with Crippen molar-refractivity contribution in [1.82, 2.24) is 9.97 Å². The molecule has 0 atom stereocenters. The number of para-hydroxylation sites is 2. The summed E-state index contributed by atoms with van der Waals surface area (Å²) in [4.78, 5) is 9.13. The van der Waals surface area contributed by atoms with E-state index >= 15 is 0 Å². The molecule has 0 radical (unpaired) electrons. The second-order valence-corrected chi connectivity index (χ2v) is 9.57. The first-order valence-corrected chi connectivity index (χ1v) is 12.5. The number of nitrogens with one attached hydrogen (secondary N) is 2. The molecule has 0 fully saturated rings. The van der Waals surface area contributed by atoms with Crippen LogP contribution in [0.3, 0.4) is 0 Å². The molecule has 4 rings (SSSR count). The molecule has 0 saturated heterocycles. The van der Waals surface area contributed by atoms with Crippen molar-refractivity contribution < 1.29 is 13.2 Å². The fraction of sp³-hybridized carbons (Fsp3) is 0.0909. The molecule has 3 aromatic carbocycles. The van der Waals surface area contributed by atoms with Gasteiger partial charge >= 0.3 is 0 Å². The van der Waals surface area contributed by atoms with Gasteiger partial charge in [-0.25, -0.2) is 18.4 Å². The molecule has 0 spiro atoms. The highest BCUT2D eigenvalue weighted by atomic mass is 79.9. The number of nitrogens with zero attached hydrogens (tertiary/aromatic N) is 2. The first kappa shape index (κ1) is 22.3. The topological polar surface area (TPSA) is 93.2 Å². The summed E-state index contributed by atoms with van der Waals surface area (Å²) < 4.78 is 34.0. The predicted molar refractivity (Wildman–Crippen MR) is 131 cm³/mol. The first-order valence-electron chi connectivity index (χ1n) is 9.56. The molecule has 1 heterocycles. The van der Waals surface area contributed by atoms with Gasteiger partial charge in [0.1, 0.15) is 5.75 Å². The highest BCUT2D eigenvalue weighted by Gasteiger charge is 2.19. The molecule has 0 aliphatic rings. The van der Waals surface area contributed by atoms with E-state index in [1.165, 1.54) is 24.3 Å². The summed E-state index contributed by atoms with van der Waals surface area (Å²) in [5.74, 6) is 1.08. The van der Waals surface area contributed by atoms with E-state index in [9.17, 15) is 8.42 Å². The number of benzene rings is 3. The van der Waals surface area contributed by atoms with E-state index < -0.39 is 10.0 Å². The normalized spacial score (nSPS) is 11.3. The van der Waals surface area contributed by atoms with E-state index in [-0.39, 0.29) is 16.5 Å². The van der Waals surface area contributed by atoms with E-state index in [4.69, 9.17) is 16.3 Å². The lowest BCUT2D eigenvalue weighted by Gasteiger charge is -2.14. The smallest absolute Gasteiger partial charge is 0.263 e. The van der Waals surface area contributed by atoms with E-state index in [0.717, 1.165) is 11.1 Å². The molecule has 2 N–H and O–H groups in total. The average molecular weight is 534 g/mol. The molecule has 0 bridgehead atoms. The van der Waals surface area contributed by atoms with Crippen molar-refractivity contribution >= 4 is 65.9 Å². The van der Waals surface area contributed by atoms with Crippen molar-refractivity contribution in [2.24, 2.45) is 0 Å². The number of halogens is 2. The zero-order valence-corrected chi connectivity index (χ0v) is 19.8. The summed E-state index contributed by atoms with van der Waals surface area (Å²) >= 11 is 9.21. The van der Waals surface area contributed by atoms with Gasteiger partial charge in [-0.1, -0.05) is 39.7 Å². The molecular weight excluding hydrogens is 516 g/mol. The molecule has 164 valence electrons. The largest absolute Gasteiger partial charge is 0.493 e. The fourth-order valence-corrected chi connectivity index (χ4v) is 4.18. The Morgan fingerprint density at radius 2 is 1.50 bits per heavy atom. The molecule has 7 nitrogen and oxygen atoms in total. The Morgan fingerprint density at radius 1 is 0.875 bits per heavy atom. The van der Waals surface area contributed by atoms with Crippen molar-refractivity contribution in [3.8, 4) is 5.75 Å². The minimum absolute atomic E-state index is 0.0658. The van der Waals surface area contributed by atoms with Crippen LogP contribution in [0.4, 0.5) is 17.3 Å². The number of alkyl halides is 1. The maximum absolute atomic E-state index is 12.9. The second-order valence-electron chi connectivity index (χ2n) is 6.66. The minimum atomic E-state index is -3.91. The average Bonchev–Trinajstić information content (AvgIpc) is 2.79. The van der Waals surface area contributed by atoms with Crippen molar-refractivity contribution in [3.05, 3.63) is 77.8 Å². The summed E-state index contributed by atoms with van der Waals surface area (Å²) in [5.41, 5.74) is 1.89. The van der Waals surface area contributed by atoms with Gasteiger partial charge in [-0.2, -0.15) is 0 Å². The lowest BCUT2D eigenvalue weighted by Crippen LogP contribution is -2.16. The number of hydrogen-bond donors (Lipinski definition) is 2. The van der Waals surface area contributed by atoms with E-state index in [0.29, 0.717) is 28.4 Å². The Balaban J connectivity index is 1.68. The Bertz CT molecular complexity index is 1330. The van der Waals surface area contributed by atoms with Crippen LogP contribution in [0.25, 0.3) is 11.0 Å². The molecule has 32 heavy (non-hydrogen) atoms. The number of ether oxygens (including phenoxy) is 1. The highest BCUT2D eigenvalue weighted by Crippen LogP contribution is 2.28. The van der Waals surface area contributed by atoms with Gasteiger partial charge in [0, 0.05) is 16.0 Å². The molecule has 0 aliphatic carbocycles. The summed E-state index contributed by atoms with van der Waals surface area (Å²) in [6, 6.07) is 20.4. The third-order valence-electron chi connectivity index (χ3n) is 4.39. The monoisotopic (exact) mass is 532 g/mol. The highest BCUT2D eigenvalue weighted by molar-refractivity contribution is 9.09. The third-order valence-corrected chi connectivity index (χ3v) is 6.32. The van der Waals surface area contributed by atoms with Crippen molar-refractivity contribution in [3.63, 3.8) is 0 Å². The van der Waals surface area contributed by atoms with Crippen LogP contribution in [0.2, 0.25) is 5.02 Å². The van der Waals surface area contributed by atoms with Gasteiger partial charge in [-0.05, 0) is 60.7 Å². The third kappa shape index (κ3) is 5.29. The van der Waals surface area contributed by atoms with Gasteiger partial charge < -0.3 is 10.1 Å². The first-order chi connectivity index (χ1) is 15.4. The van der Waals surface area contributed by atoms with Crippen LogP contribution in [0.1, 0.15) is 0 Å². The Morgan fingerprint density at radius 3 is 2.12 bits per heavy atom. The van der Waals surface area contributed by atoms with Crippen LogP contribution < -0.4 is 14.8 Å². The zero-order chi connectivity index (χ0) is 22.6. The maximum Gasteiger partial charge on any atom is 0.263 e. The van der Waals surface area contributed by atoms with E-state index in [2.05, 4.69) is 35.9 Å². The molecule has 4 aromatic rings. The number of hydrogen-bond acceptors (Lipinski definition) is 6. The summed E-state index contributed by atoms with van der Waals surface area (Å²) in [6.45, 7) is 0.555. The molecule has 0 saturated carbocycles. The Kier molecular flexibility index (Phi) is 6.78. The Hall–Kier alpha value is -2.88. The van der Waals surface area contributed by atoms with E-state index in [1.807, 2.05) is 42.5 Å². The SMILES string of the molecule is O=S(=O)(Nc1nc2ccccc2nc1Nc1ccc(OCCBr)cc1)c1ccc(Cl)cc1. The van der Waals surface area contributed by atoms with Gasteiger partial charge in [0.2, 0.25) is 0 Å². The van der Waals surface area contributed by atoms with Gasteiger partial charge in [-0.3, -0.25) is 4.72 Å². The molecular formula is C22H18BrClN4O3S. The van der Waals surface area contributed by atoms with Crippen molar-refractivity contribution in [2.75, 3.05) is 22.0 Å². The molecule has 0 unspecified atom stereocenters. The maximum atomic E-state index is 12.9. The van der Waals surface area contributed by atoms with Gasteiger partial charge in [0.15, 0.2) is 11.6 Å². The van der Waals surface area contributed by atoms with Crippen molar-refractivity contribution in [1.29, 1.82) is 0 Å². The zero-order valence-electron chi connectivity index (χ0n) is 16.6. The van der Waals surface area contributed by atoms with Gasteiger partial charge in [0.25, 0.3) is 10.0 Å². The predicted octanol–water partition coefficient (Wildman–Crippen LogP) is 5.60. The van der Waals surface area contributed by atoms with Crippen LogP contribution >= 0.6 is 27.5 Å². The number of aromatic nitrogens is 2. The van der Waals surface area contributed by atoms with Crippen molar-refractivity contribution in [2.45, 2.75) is 4.90 Å². The van der Waals surface area contributed by atoms with Crippen LogP contribution in [-0.4, -0.2) is 30.3 Å². The van der Waals surface area contributed by atoms with Crippen LogP contribution in [0, 0.1) is 0 Å². The molecule has 10 heteroatoms. The quantitative estimate of drug-likeness (QED) is 0.286. The summed E-state index contributed by atoms with van der Waals surface area (Å²) in [5, 5.41) is 4.32. The number of anilines is 3. The lowest BCUT2D eigenvalue weighted by molar-refractivity contribution is 0.345. The molecule has 0 aliphatic heterocycles.